The van der Waals surface area contributed by atoms with Gasteiger partial charge in [0.2, 0.25) is 0 Å². The fraction of sp³-hybridized carbons (Fsp3) is 0.500. The summed E-state index contributed by atoms with van der Waals surface area (Å²) < 4.78 is 4.83. The molecule has 0 spiro atoms. The zero-order chi connectivity index (χ0) is 20.4. The summed E-state index contributed by atoms with van der Waals surface area (Å²) in [5, 5.41) is 15.1. The van der Waals surface area contributed by atoms with E-state index in [4.69, 9.17) is 4.74 Å². The predicted octanol–water partition coefficient (Wildman–Crippen LogP) is 3.08. The molecule has 1 unspecified atom stereocenters. The first-order valence-corrected chi connectivity index (χ1v) is 10.0. The van der Waals surface area contributed by atoms with Crippen molar-refractivity contribution in [3.05, 3.63) is 46.7 Å². The van der Waals surface area contributed by atoms with Crippen LogP contribution in [0.5, 0.6) is 0 Å². The number of fused-ring (bicyclic) bond motifs is 1. The topological polar surface area (TPSA) is 91.2 Å². The van der Waals surface area contributed by atoms with E-state index in [0.717, 1.165) is 24.8 Å². The number of amides is 1. The minimum atomic E-state index is -0.421. The zero-order valence-electron chi connectivity index (χ0n) is 16.7. The van der Waals surface area contributed by atoms with Crippen molar-refractivity contribution in [2.24, 2.45) is 0 Å². The Morgan fingerprint density at radius 1 is 1.25 bits per heavy atom. The largest absolute Gasteiger partial charge is 0.466 e. The summed E-state index contributed by atoms with van der Waals surface area (Å²) in [7, 11) is 0. The minimum absolute atomic E-state index is 0.0136. The van der Waals surface area contributed by atoms with Gasteiger partial charge in [0.25, 0.3) is 5.91 Å². The summed E-state index contributed by atoms with van der Waals surface area (Å²) in [4.78, 5) is 23.8. The van der Waals surface area contributed by atoms with Crippen molar-refractivity contribution in [1.82, 2.24) is 10.6 Å². The van der Waals surface area contributed by atoms with Crippen LogP contribution < -0.4 is 10.6 Å². The lowest BCUT2D eigenvalue weighted by atomic mass is 9.88. The van der Waals surface area contributed by atoms with Crippen LogP contribution in [-0.2, 0) is 27.2 Å². The molecule has 1 amide bonds. The molecule has 0 heterocycles. The molecule has 28 heavy (non-hydrogen) atoms. The second-order valence-corrected chi connectivity index (χ2v) is 6.85. The fourth-order valence-corrected chi connectivity index (χ4v) is 3.36. The molecule has 0 bridgehead atoms. The van der Waals surface area contributed by atoms with Gasteiger partial charge in [0.05, 0.1) is 19.1 Å². The Balaban J connectivity index is 1.96. The van der Waals surface area contributed by atoms with Crippen molar-refractivity contribution in [3.8, 4) is 6.07 Å². The number of ether oxygens (including phenoxy) is 1. The summed E-state index contributed by atoms with van der Waals surface area (Å²) >= 11 is 0. The number of carbonyl (C=O) groups is 2. The van der Waals surface area contributed by atoms with Gasteiger partial charge in [-0.3, -0.25) is 9.59 Å². The molecule has 2 N–H and O–H groups in total. The Hall–Kier alpha value is -2.81. The normalized spacial score (nSPS) is 14.4. The zero-order valence-corrected chi connectivity index (χ0v) is 16.7. The molecular formula is C22H29N3O3. The lowest BCUT2D eigenvalue weighted by Gasteiger charge is -2.21. The quantitative estimate of drug-likeness (QED) is 0.296. The smallest absolute Gasteiger partial charge is 0.307 e. The summed E-state index contributed by atoms with van der Waals surface area (Å²) in [6, 6.07) is 8.20. The Bertz CT molecular complexity index is 765. The van der Waals surface area contributed by atoms with Crippen LogP contribution in [-0.4, -0.2) is 25.0 Å². The van der Waals surface area contributed by atoms with Gasteiger partial charge in [0, 0.05) is 12.7 Å². The summed E-state index contributed by atoms with van der Waals surface area (Å²) in [5.74, 6) is -0.736. The number of nitrogens with one attached hydrogen (secondary N) is 2. The first-order chi connectivity index (χ1) is 13.6. The van der Waals surface area contributed by atoms with Gasteiger partial charge in [0.1, 0.15) is 11.6 Å². The highest BCUT2D eigenvalue weighted by atomic mass is 16.5. The van der Waals surface area contributed by atoms with E-state index in [1.54, 1.807) is 6.92 Å². The van der Waals surface area contributed by atoms with Crippen LogP contribution in [0.1, 0.15) is 62.3 Å². The summed E-state index contributed by atoms with van der Waals surface area (Å²) in [6.07, 6.45) is 6.92. The maximum Gasteiger partial charge on any atom is 0.307 e. The maximum absolute atomic E-state index is 12.5. The van der Waals surface area contributed by atoms with E-state index >= 15 is 0 Å². The van der Waals surface area contributed by atoms with E-state index in [0.29, 0.717) is 13.2 Å². The summed E-state index contributed by atoms with van der Waals surface area (Å²) in [6.45, 7) is 4.40. The van der Waals surface area contributed by atoms with E-state index in [9.17, 15) is 14.9 Å². The summed E-state index contributed by atoms with van der Waals surface area (Å²) in [5.41, 5.74) is 3.83. The molecule has 1 aliphatic carbocycles. The third kappa shape index (κ3) is 6.12. The highest BCUT2D eigenvalue weighted by molar-refractivity contribution is 5.97. The van der Waals surface area contributed by atoms with Gasteiger partial charge in [-0.2, -0.15) is 5.26 Å². The van der Waals surface area contributed by atoms with Crippen molar-refractivity contribution in [1.29, 1.82) is 5.26 Å². The average Bonchev–Trinajstić information content (AvgIpc) is 2.71. The van der Waals surface area contributed by atoms with E-state index in [2.05, 4.69) is 28.8 Å². The predicted molar refractivity (Wildman–Crippen MR) is 107 cm³/mol. The number of aryl methyl sites for hydroxylation is 2. The Labute approximate surface area is 167 Å². The van der Waals surface area contributed by atoms with Crippen LogP contribution in [0.4, 0.5) is 0 Å². The molecule has 1 aromatic rings. The second-order valence-electron chi connectivity index (χ2n) is 6.85. The molecule has 0 radical (unpaired) electrons. The number of carbonyl (C=O) groups excluding carboxylic acids is 2. The SMILES string of the molecule is CCOC(=O)CCN/C=C(/C#N)C(=O)NC(CC)c1ccc2c(c1)CCCC2. The van der Waals surface area contributed by atoms with Crippen LogP contribution in [0.25, 0.3) is 0 Å². The Morgan fingerprint density at radius 3 is 2.68 bits per heavy atom. The number of benzene rings is 1. The molecule has 1 aliphatic rings. The van der Waals surface area contributed by atoms with Crippen LogP contribution in [0.2, 0.25) is 0 Å². The maximum atomic E-state index is 12.5. The molecule has 6 nitrogen and oxygen atoms in total. The highest BCUT2D eigenvalue weighted by Crippen LogP contribution is 2.26. The standard InChI is InChI=1S/C22H29N3O3/c1-3-20(18-10-9-16-7-5-6-8-17(16)13-18)25-22(27)19(14-23)15-24-12-11-21(26)28-4-2/h9-10,13,15,20,24H,3-8,11-12H2,1-2H3,(H,25,27)/b19-15-. The molecule has 0 saturated carbocycles. The molecular weight excluding hydrogens is 354 g/mol. The highest BCUT2D eigenvalue weighted by Gasteiger charge is 2.18. The number of esters is 1. The molecule has 1 aromatic carbocycles. The van der Waals surface area contributed by atoms with Crippen LogP contribution in [0.15, 0.2) is 30.0 Å². The van der Waals surface area contributed by atoms with Crippen molar-refractivity contribution in [3.63, 3.8) is 0 Å². The Kier molecular flexibility index (Phi) is 8.54. The molecule has 2 rings (SSSR count). The molecule has 6 heteroatoms. The molecule has 0 saturated heterocycles. The van der Waals surface area contributed by atoms with Gasteiger partial charge in [-0.05, 0) is 55.7 Å². The lowest BCUT2D eigenvalue weighted by Crippen LogP contribution is -2.30. The number of hydrogen-bond acceptors (Lipinski definition) is 5. The van der Waals surface area contributed by atoms with Gasteiger partial charge < -0.3 is 15.4 Å². The van der Waals surface area contributed by atoms with E-state index in [-0.39, 0.29) is 24.0 Å². The molecule has 150 valence electrons. The van der Waals surface area contributed by atoms with Crippen molar-refractivity contribution in [2.75, 3.05) is 13.2 Å². The van der Waals surface area contributed by atoms with Crippen LogP contribution in [0, 0.1) is 11.3 Å². The van der Waals surface area contributed by atoms with E-state index in [1.165, 1.54) is 30.2 Å². The van der Waals surface area contributed by atoms with Crippen molar-refractivity contribution >= 4 is 11.9 Å². The van der Waals surface area contributed by atoms with Gasteiger partial charge in [-0.15, -0.1) is 0 Å². The third-order valence-electron chi connectivity index (χ3n) is 4.88. The second kappa shape index (κ2) is 11.1. The van der Waals surface area contributed by atoms with Gasteiger partial charge >= 0.3 is 5.97 Å². The number of hydrogen-bond donors (Lipinski definition) is 2. The lowest BCUT2D eigenvalue weighted by molar-refractivity contribution is -0.142. The minimum Gasteiger partial charge on any atom is -0.466 e. The first-order valence-electron chi connectivity index (χ1n) is 10.0. The first kappa shape index (κ1) is 21.5. The number of nitriles is 1. The fourth-order valence-electron chi connectivity index (χ4n) is 3.36. The van der Waals surface area contributed by atoms with E-state index < -0.39 is 5.91 Å². The van der Waals surface area contributed by atoms with Crippen LogP contribution in [0.3, 0.4) is 0 Å². The van der Waals surface area contributed by atoms with E-state index in [1.807, 2.05) is 13.0 Å². The molecule has 0 aliphatic heterocycles. The monoisotopic (exact) mass is 383 g/mol. The van der Waals surface area contributed by atoms with Crippen LogP contribution >= 0.6 is 0 Å². The van der Waals surface area contributed by atoms with Crippen molar-refractivity contribution < 1.29 is 14.3 Å². The van der Waals surface area contributed by atoms with Crippen molar-refractivity contribution in [2.45, 2.75) is 58.4 Å². The Morgan fingerprint density at radius 2 is 2.00 bits per heavy atom. The molecule has 0 aromatic heterocycles. The van der Waals surface area contributed by atoms with Gasteiger partial charge in [-0.1, -0.05) is 25.1 Å². The van der Waals surface area contributed by atoms with Gasteiger partial charge in [0.15, 0.2) is 0 Å². The molecule has 0 fully saturated rings. The number of rotatable bonds is 9. The van der Waals surface area contributed by atoms with Gasteiger partial charge in [-0.25, -0.2) is 0 Å². The molecule has 1 atom stereocenters. The third-order valence-corrected chi connectivity index (χ3v) is 4.88. The average molecular weight is 383 g/mol. The number of nitrogens with zero attached hydrogens (tertiary/aromatic N) is 1.